The van der Waals surface area contributed by atoms with Crippen molar-refractivity contribution in [2.45, 2.75) is 39.1 Å². The highest BCUT2D eigenvalue weighted by Gasteiger charge is 2.14. The molecule has 0 aliphatic carbocycles. The second kappa shape index (κ2) is 5.23. The maximum Gasteiger partial charge on any atom is 0.220 e. The second-order valence-electron chi connectivity index (χ2n) is 3.97. The smallest absolute Gasteiger partial charge is 0.220 e. The zero-order valence-electron chi connectivity index (χ0n) is 9.48. The topological polar surface area (TPSA) is 70.3 Å². The molecule has 2 N–H and O–H groups in total. The number of hydrogen-bond acceptors (Lipinski definition) is 5. The average molecular weight is 223 g/mol. The van der Waals surface area contributed by atoms with Crippen molar-refractivity contribution >= 4 is 5.95 Å². The first-order valence-electron chi connectivity index (χ1n) is 5.57. The Labute approximate surface area is 95.0 Å². The molecule has 0 aromatic carbocycles. The van der Waals surface area contributed by atoms with Crippen molar-refractivity contribution < 1.29 is 9.47 Å². The van der Waals surface area contributed by atoms with Gasteiger partial charge in [0.1, 0.15) is 0 Å². The Balaban J connectivity index is 1.88. The van der Waals surface area contributed by atoms with Crippen LogP contribution in [-0.4, -0.2) is 22.9 Å². The molecule has 1 aromatic rings. The van der Waals surface area contributed by atoms with Gasteiger partial charge in [0, 0.05) is 12.3 Å². The largest absolute Gasteiger partial charge is 0.368 e. The van der Waals surface area contributed by atoms with E-state index in [0.29, 0.717) is 12.6 Å². The molecule has 0 spiro atoms. The zero-order chi connectivity index (χ0) is 11.4. The predicted molar refractivity (Wildman–Crippen MR) is 59.6 cm³/mol. The quantitative estimate of drug-likeness (QED) is 0.839. The van der Waals surface area contributed by atoms with Gasteiger partial charge in [-0.3, -0.25) is 0 Å². The number of nitrogens with two attached hydrogens (primary N) is 1. The molecule has 2 rings (SSSR count). The first-order chi connectivity index (χ1) is 7.74. The van der Waals surface area contributed by atoms with Gasteiger partial charge in [-0.15, -0.1) is 0 Å². The van der Waals surface area contributed by atoms with Gasteiger partial charge in [0.2, 0.25) is 5.95 Å². The normalized spacial score (nSPS) is 20.9. The molecule has 1 aliphatic heterocycles. The van der Waals surface area contributed by atoms with E-state index in [4.69, 9.17) is 15.2 Å². The molecule has 1 fully saturated rings. The van der Waals surface area contributed by atoms with E-state index >= 15 is 0 Å². The minimum absolute atomic E-state index is 0.0924. The highest BCUT2D eigenvalue weighted by Crippen LogP contribution is 2.15. The molecule has 0 saturated carbocycles. The van der Waals surface area contributed by atoms with Gasteiger partial charge in [0.15, 0.2) is 6.29 Å². The van der Waals surface area contributed by atoms with Crippen LogP contribution in [0.15, 0.2) is 6.07 Å². The fourth-order valence-corrected chi connectivity index (χ4v) is 1.75. The van der Waals surface area contributed by atoms with Crippen molar-refractivity contribution in [3.05, 3.63) is 17.5 Å². The third kappa shape index (κ3) is 3.15. The molecule has 16 heavy (non-hydrogen) atoms. The van der Waals surface area contributed by atoms with Crippen molar-refractivity contribution in [2.75, 3.05) is 12.3 Å². The second-order valence-corrected chi connectivity index (χ2v) is 3.97. The van der Waals surface area contributed by atoms with E-state index in [1.807, 2.05) is 13.0 Å². The van der Waals surface area contributed by atoms with Crippen LogP contribution in [0.4, 0.5) is 5.95 Å². The summed E-state index contributed by atoms with van der Waals surface area (Å²) in [5.74, 6) is 0.295. The van der Waals surface area contributed by atoms with Crippen LogP contribution in [0.1, 0.15) is 30.7 Å². The van der Waals surface area contributed by atoms with E-state index in [0.717, 1.165) is 37.3 Å². The van der Waals surface area contributed by atoms with Crippen LogP contribution < -0.4 is 5.73 Å². The predicted octanol–water partition coefficient (Wildman–Crippen LogP) is 1.41. The van der Waals surface area contributed by atoms with Gasteiger partial charge < -0.3 is 15.2 Å². The summed E-state index contributed by atoms with van der Waals surface area (Å²) in [6, 6.07) is 1.87. The summed E-state index contributed by atoms with van der Waals surface area (Å²) in [6.07, 6.45) is 3.15. The molecule has 0 amide bonds. The molecule has 1 saturated heterocycles. The molecule has 5 nitrogen and oxygen atoms in total. The number of rotatable bonds is 3. The summed E-state index contributed by atoms with van der Waals surface area (Å²) in [5, 5.41) is 0. The van der Waals surface area contributed by atoms with Gasteiger partial charge in [0.05, 0.1) is 12.3 Å². The standard InChI is InChI=1S/C11H17N3O2/c1-8-6-9(14-11(12)13-8)7-16-10-4-2-3-5-15-10/h6,10H,2-5,7H2,1H3,(H2,12,13,14). The molecular formula is C11H17N3O2. The summed E-state index contributed by atoms with van der Waals surface area (Å²) < 4.78 is 11.1. The number of aryl methyl sites for hydroxylation is 1. The Morgan fingerprint density at radius 1 is 1.50 bits per heavy atom. The molecule has 1 aromatic heterocycles. The minimum atomic E-state index is -0.0924. The highest BCUT2D eigenvalue weighted by molar-refractivity contribution is 5.21. The fourth-order valence-electron chi connectivity index (χ4n) is 1.75. The van der Waals surface area contributed by atoms with Gasteiger partial charge in [-0.2, -0.15) is 0 Å². The van der Waals surface area contributed by atoms with Crippen molar-refractivity contribution in [3.8, 4) is 0 Å². The van der Waals surface area contributed by atoms with Crippen LogP contribution >= 0.6 is 0 Å². The van der Waals surface area contributed by atoms with Crippen LogP contribution in [0, 0.1) is 6.92 Å². The summed E-state index contributed by atoms with van der Waals surface area (Å²) in [7, 11) is 0. The van der Waals surface area contributed by atoms with Crippen molar-refractivity contribution in [2.24, 2.45) is 0 Å². The van der Waals surface area contributed by atoms with Crippen molar-refractivity contribution in [1.29, 1.82) is 0 Å². The molecule has 0 radical (unpaired) electrons. The van der Waals surface area contributed by atoms with E-state index in [-0.39, 0.29) is 6.29 Å². The Kier molecular flexibility index (Phi) is 3.69. The number of ether oxygens (including phenoxy) is 2. The SMILES string of the molecule is Cc1cc(COC2CCCCO2)nc(N)n1. The monoisotopic (exact) mass is 223 g/mol. The number of hydrogen-bond donors (Lipinski definition) is 1. The summed E-state index contributed by atoms with van der Waals surface area (Å²) in [5.41, 5.74) is 7.22. The third-order valence-electron chi connectivity index (χ3n) is 2.48. The first-order valence-corrected chi connectivity index (χ1v) is 5.57. The molecule has 0 bridgehead atoms. The molecule has 5 heteroatoms. The van der Waals surface area contributed by atoms with Crippen LogP contribution in [-0.2, 0) is 16.1 Å². The summed E-state index contributed by atoms with van der Waals surface area (Å²) in [6.45, 7) is 3.10. The number of aromatic nitrogens is 2. The molecule has 88 valence electrons. The Bertz CT molecular complexity index is 331. The minimum Gasteiger partial charge on any atom is -0.368 e. The maximum atomic E-state index is 5.61. The van der Waals surface area contributed by atoms with Crippen LogP contribution in [0.25, 0.3) is 0 Å². The van der Waals surface area contributed by atoms with Crippen LogP contribution in [0.5, 0.6) is 0 Å². The lowest BCUT2D eigenvalue weighted by atomic mass is 10.2. The maximum absolute atomic E-state index is 5.61. The third-order valence-corrected chi connectivity index (χ3v) is 2.48. The molecule has 1 aliphatic rings. The summed E-state index contributed by atoms with van der Waals surface area (Å²) >= 11 is 0. The average Bonchev–Trinajstić information content (AvgIpc) is 2.27. The lowest BCUT2D eigenvalue weighted by Gasteiger charge is -2.22. The van der Waals surface area contributed by atoms with Gasteiger partial charge in [0.25, 0.3) is 0 Å². The highest BCUT2D eigenvalue weighted by atomic mass is 16.7. The Morgan fingerprint density at radius 3 is 3.06 bits per heavy atom. The molecular weight excluding hydrogens is 206 g/mol. The van der Waals surface area contributed by atoms with E-state index < -0.39 is 0 Å². The zero-order valence-corrected chi connectivity index (χ0v) is 9.48. The van der Waals surface area contributed by atoms with Crippen molar-refractivity contribution in [1.82, 2.24) is 9.97 Å². The summed E-state index contributed by atoms with van der Waals surface area (Å²) in [4.78, 5) is 8.11. The van der Waals surface area contributed by atoms with Crippen LogP contribution in [0.3, 0.4) is 0 Å². The van der Waals surface area contributed by atoms with Gasteiger partial charge in [-0.25, -0.2) is 9.97 Å². The first kappa shape index (κ1) is 11.3. The van der Waals surface area contributed by atoms with Gasteiger partial charge >= 0.3 is 0 Å². The van der Waals surface area contributed by atoms with E-state index in [1.54, 1.807) is 0 Å². The Morgan fingerprint density at radius 2 is 2.38 bits per heavy atom. The Hall–Kier alpha value is -1.20. The number of nitrogens with zero attached hydrogens (tertiary/aromatic N) is 2. The molecule has 1 unspecified atom stereocenters. The van der Waals surface area contributed by atoms with Crippen LogP contribution in [0.2, 0.25) is 0 Å². The van der Waals surface area contributed by atoms with E-state index in [9.17, 15) is 0 Å². The van der Waals surface area contributed by atoms with E-state index in [1.165, 1.54) is 0 Å². The fraction of sp³-hybridized carbons (Fsp3) is 0.636. The number of anilines is 1. The lowest BCUT2D eigenvalue weighted by molar-refractivity contribution is -0.169. The lowest BCUT2D eigenvalue weighted by Crippen LogP contribution is -2.22. The van der Waals surface area contributed by atoms with Gasteiger partial charge in [-0.1, -0.05) is 0 Å². The molecule has 2 heterocycles. The molecule has 1 atom stereocenters. The van der Waals surface area contributed by atoms with Gasteiger partial charge in [-0.05, 0) is 32.3 Å². The van der Waals surface area contributed by atoms with E-state index in [2.05, 4.69) is 9.97 Å². The number of nitrogen functional groups attached to an aromatic ring is 1. The van der Waals surface area contributed by atoms with Crippen molar-refractivity contribution in [3.63, 3.8) is 0 Å².